The molecule has 7 nitrogen and oxygen atoms in total. The van der Waals surface area contributed by atoms with Crippen LogP contribution in [0.25, 0.3) is 0 Å². The predicted molar refractivity (Wildman–Crippen MR) is 102 cm³/mol. The summed E-state index contributed by atoms with van der Waals surface area (Å²) in [4.78, 5) is 39.9. The number of hydrogen-bond acceptors (Lipinski definition) is 5. The molecular weight excluding hydrogens is 366 g/mol. The van der Waals surface area contributed by atoms with Gasteiger partial charge in [-0.2, -0.15) is 0 Å². The molecule has 0 aromatic carbocycles. The predicted octanol–water partition coefficient (Wildman–Crippen LogP) is 1.26. The molecule has 1 unspecified atom stereocenters. The van der Waals surface area contributed by atoms with Gasteiger partial charge in [-0.15, -0.1) is 11.3 Å². The van der Waals surface area contributed by atoms with Crippen LogP contribution >= 0.6 is 11.3 Å². The van der Waals surface area contributed by atoms with Crippen LogP contribution in [0.3, 0.4) is 0 Å². The summed E-state index contributed by atoms with van der Waals surface area (Å²) < 4.78 is 4.98. The fraction of sp³-hybridized carbons (Fsp3) is 0.632. The number of ether oxygens (including phenoxy) is 1. The standard InChI is InChI=1S/C19H27N3O4S/c1-26-11-8-20-18(24)16(21-17(23)15-3-2-12-27-15)13-6-9-22(10-7-13)19(25)14-4-5-14/h2-3,12-14,16H,4-11H2,1H3,(H,20,24)(H,21,23). The monoisotopic (exact) mass is 393 g/mol. The highest BCUT2D eigenvalue weighted by Crippen LogP contribution is 2.33. The number of methoxy groups -OCH3 is 1. The molecule has 2 N–H and O–H groups in total. The zero-order valence-corrected chi connectivity index (χ0v) is 16.4. The van der Waals surface area contributed by atoms with Crippen molar-refractivity contribution in [1.82, 2.24) is 15.5 Å². The van der Waals surface area contributed by atoms with E-state index in [2.05, 4.69) is 10.6 Å². The van der Waals surface area contributed by atoms with Crippen LogP contribution in [0, 0.1) is 11.8 Å². The molecule has 8 heteroatoms. The Morgan fingerprint density at radius 2 is 2.00 bits per heavy atom. The summed E-state index contributed by atoms with van der Waals surface area (Å²) in [5.41, 5.74) is 0. The molecule has 1 aliphatic heterocycles. The number of amides is 3. The summed E-state index contributed by atoms with van der Waals surface area (Å²) in [5.74, 6) is 0.0578. The lowest BCUT2D eigenvalue weighted by Gasteiger charge is -2.36. The van der Waals surface area contributed by atoms with Crippen molar-refractivity contribution in [3.05, 3.63) is 22.4 Å². The molecule has 0 bridgehead atoms. The van der Waals surface area contributed by atoms with Gasteiger partial charge in [0.25, 0.3) is 5.91 Å². The molecule has 3 amide bonds. The number of thiophene rings is 1. The topological polar surface area (TPSA) is 87.7 Å². The van der Waals surface area contributed by atoms with Crippen molar-refractivity contribution in [2.24, 2.45) is 11.8 Å². The maximum atomic E-state index is 12.7. The first kappa shape index (κ1) is 19.8. The van der Waals surface area contributed by atoms with Crippen LogP contribution in [-0.4, -0.2) is 62.0 Å². The maximum Gasteiger partial charge on any atom is 0.262 e. The van der Waals surface area contributed by atoms with Crippen LogP contribution in [0.1, 0.15) is 35.4 Å². The lowest BCUT2D eigenvalue weighted by molar-refractivity contribution is -0.134. The van der Waals surface area contributed by atoms with Gasteiger partial charge in [-0.1, -0.05) is 6.07 Å². The highest BCUT2D eigenvalue weighted by Gasteiger charge is 2.38. The third-order valence-electron chi connectivity index (χ3n) is 5.17. The van der Waals surface area contributed by atoms with Crippen LogP contribution in [-0.2, 0) is 14.3 Å². The summed E-state index contributed by atoms with van der Waals surface area (Å²) in [5, 5.41) is 7.59. The normalized spacial score (nSPS) is 18.8. The molecule has 2 aliphatic rings. The highest BCUT2D eigenvalue weighted by atomic mass is 32.1. The van der Waals surface area contributed by atoms with Gasteiger partial charge in [-0.3, -0.25) is 14.4 Å². The van der Waals surface area contributed by atoms with Crippen LogP contribution in [0.4, 0.5) is 0 Å². The molecule has 1 aromatic rings. The molecule has 1 aromatic heterocycles. The molecule has 2 fully saturated rings. The minimum Gasteiger partial charge on any atom is -0.383 e. The van der Waals surface area contributed by atoms with E-state index in [9.17, 15) is 14.4 Å². The Labute approximate surface area is 163 Å². The average Bonchev–Trinajstić information content (AvgIpc) is 3.39. The smallest absolute Gasteiger partial charge is 0.262 e. The number of carbonyl (C=O) groups is 3. The van der Waals surface area contributed by atoms with Crippen molar-refractivity contribution >= 4 is 29.1 Å². The van der Waals surface area contributed by atoms with Crippen molar-refractivity contribution in [3.63, 3.8) is 0 Å². The van der Waals surface area contributed by atoms with Gasteiger partial charge in [0, 0.05) is 32.7 Å². The number of nitrogens with one attached hydrogen (secondary N) is 2. The Morgan fingerprint density at radius 3 is 2.59 bits per heavy atom. The molecule has 2 heterocycles. The number of piperidine rings is 1. The third kappa shape index (κ3) is 5.29. The molecule has 0 spiro atoms. The zero-order valence-electron chi connectivity index (χ0n) is 15.6. The molecule has 3 rings (SSSR count). The lowest BCUT2D eigenvalue weighted by Crippen LogP contribution is -2.54. The Kier molecular flexibility index (Phi) is 6.84. The summed E-state index contributed by atoms with van der Waals surface area (Å²) >= 11 is 1.35. The molecule has 1 atom stereocenters. The Bertz CT molecular complexity index is 652. The van der Waals surface area contributed by atoms with Crippen molar-refractivity contribution in [2.45, 2.75) is 31.7 Å². The molecule has 1 saturated heterocycles. The van der Waals surface area contributed by atoms with Crippen molar-refractivity contribution in [1.29, 1.82) is 0 Å². The van der Waals surface area contributed by atoms with Crippen molar-refractivity contribution in [2.75, 3.05) is 33.4 Å². The van der Waals surface area contributed by atoms with Gasteiger partial charge >= 0.3 is 0 Å². The number of hydrogen-bond donors (Lipinski definition) is 2. The SMILES string of the molecule is COCCNC(=O)C(NC(=O)c1cccs1)C1CCN(C(=O)C2CC2)CC1. The van der Waals surface area contributed by atoms with Gasteiger partial charge in [0.2, 0.25) is 11.8 Å². The van der Waals surface area contributed by atoms with E-state index in [0.717, 1.165) is 12.8 Å². The van der Waals surface area contributed by atoms with Crippen molar-refractivity contribution in [3.8, 4) is 0 Å². The van der Waals surface area contributed by atoms with E-state index in [1.165, 1.54) is 11.3 Å². The van der Waals surface area contributed by atoms with Gasteiger partial charge in [0.15, 0.2) is 0 Å². The van der Waals surface area contributed by atoms with E-state index in [-0.39, 0.29) is 29.6 Å². The first-order chi connectivity index (χ1) is 13.1. The van der Waals surface area contributed by atoms with Gasteiger partial charge in [0.05, 0.1) is 11.5 Å². The quantitative estimate of drug-likeness (QED) is 0.651. The number of rotatable bonds is 8. The van der Waals surface area contributed by atoms with Crippen molar-refractivity contribution < 1.29 is 19.1 Å². The molecule has 1 saturated carbocycles. The lowest BCUT2D eigenvalue weighted by atomic mass is 9.88. The summed E-state index contributed by atoms with van der Waals surface area (Å²) in [6, 6.07) is 2.96. The van der Waals surface area contributed by atoms with E-state index >= 15 is 0 Å². The fourth-order valence-electron chi connectivity index (χ4n) is 3.45. The molecular formula is C19H27N3O4S. The van der Waals surface area contributed by atoms with E-state index in [1.807, 2.05) is 16.3 Å². The average molecular weight is 394 g/mol. The van der Waals surface area contributed by atoms with Crippen LogP contribution in [0.5, 0.6) is 0 Å². The molecule has 0 radical (unpaired) electrons. The van der Waals surface area contributed by atoms with Gasteiger partial charge in [-0.05, 0) is 43.0 Å². The highest BCUT2D eigenvalue weighted by molar-refractivity contribution is 7.12. The second-order valence-electron chi connectivity index (χ2n) is 7.15. The fourth-order valence-corrected chi connectivity index (χ4v) is 4.07. The van der Waals surface area contributed by atoms with Crippen LogP contribution in [0.2, 0.25) is 0 Å². The Balaban J connectivity index is 1.61. The van der Waals surface area contributed by atoms with Crippen LogP contribution < -0.4 is 10.6 Å². The zero-order chi connectivity index (χ0) is 19.2. The summed E-state index contributed by atoms with van der Waals surface area (Å²) in [6.45, 7) is 2.12. The van der Waals surface area contributed by atoms with E-state index in [1.54, 1.807) is 13.2 Å². The summed E-state index contributed by atoms with van der Waals surface area (Å²) in [6.07, 6.45) is 3.43. The summed E-state index contributed by atoms with van der Waals surface area (Å²) in [7, 11) is 1.58. The van der Waals surface area contributed by atoms with Gasteiger partial charge < -0.3 is 20.3 Å². The largest absolute Gasteiger partial charge is 0.383 e. The number of likely N-dealkylation sites (tertiary alicyclic amines) is 1. The number of carbonyl (C=O) groups excluding carboxylic acids is 3. The maximum absolute atomic E-state index is 12.7. The third-order valence-corrected chi connectivity index (χ3v) is 6.04. The van der Waals surface area contributed by atoms with Gasteiger partial charge in [-0.25, -0.2) is 0 Å². The second kappa shape index (κ2) is 9.32. The number of nitrogens with zero attached hydrogens (tertiary/aromatic N) is 1. The first-order valence-corrected chi connectivity index (χ1v) is 10.4. The van der Waals surface area contributed by atoms with E-state index < -0.39 is 6.04 Å². The van der Waals surface area contributed by atoms with E-state index in [0.29, 0.717) is 44.0 Å². The first-order valence-electron chi connectivity index (χ1n) is 9.50. The van der Waals surface area contributed by atoms with Crippen LogP contribution in [0.15, 0.2) is 17.5 Å². The Hall–Kier alpha value is -1.93. The Morgan fingerprint density at radius 1 is 1.26 bits per heavy atom. The molecule has 1 aliphatic carbocycles. The van der Waals surface area contributed by atoms with Gasteiger partial charge in [0.1, 0.15) is 6.04 Å². The second-order valence-corrected chi connectivity index (χ2v) is 8.10. The minimum atomic E-state index is -0.602. The minimum absolute atomic E-state index is 0.0136. The molecule has 148 valence electrons. The molecule has 27 heavy (non-hydrogen) atoms. The van der Waals surface area contributed by atoms with E-state index in [4.69, 9.17) is 4.74 Å².